The van der Waals surface area contributed by atoms with Gasteiger partial charge in [0.1, 0.15) is 0 Å². The Kier molecular flexibility index (Phi) is 6.18. The van der Waals surface area contributed by atoms with Crippen molar-refractivity contribution in [3.8, 4) is 0 Å². The summed E-state index contributed by atoms with van der Waals surface area (Å²) in [5.41, 5.74) is 0. The third kappa shape index (κ3) is 8.13. The molecule has 0 unspecified atom stereocenters. The molecule has 1 aliphatic rings. The molecule has 0 fully saturated rings. The molecular formula is C7H15F2N3O2S. The molecule has 1 N–H and O–H groups in total. The van der Waals surface area contributed by atoms with Gasteiger partial charge >= 0.3 is 10.4 Å². The molecule has 0 saturated carbocycles. The van der Waals surface area contributed by atoms with Crippen LogP contribution in [0.4, 0.5) is 8.37 Å². The highest BCUT2D eigenvalue weighted by atomic mass is 32.3. The van der Waals surface area contributed by atoms with E-state index in [0.717, 1.165) is 6.67 Å². The molecule has 0 atom stereocenters. The summed E-state index contributed by atoms with van der Waals surface area (Å²) in [6.45, 7) is 4.45. The van der Waals surface area contributed by atoms with Crippen LogP contribution in [-0.2, 0) is 10.4 Å². The summed E-state index contributed by atoms with van der Waals surface area (Å²) in [6, 6.07) is 0. The average molecular weight is 243 g/mol. The first kappa shape index (κ1) is 14.1. The van der Waals surface area contributed by atoms with Crippen molar-refractivity contribution in [2.24, 2.45) is 0 Å². The van der Waals surface area contributed by atoms with Crippen molar-refractivity contribution in [3.63, 3.8) is 0 Å². The molecular weight excluding hydrogens is 228 g/mol. The van der Waals surface area contributed by atoms with E-state index >= 15 is 0 Å². The fourth-order valence-corrected chi connectivity index (χ4v) is 1.02. The zero-order chi connectivity index (χ0) is 11.9. The van der Waals surface area contributed by atoms with E-state index < -0.39 is 10.4 Å². The summed E-state index contributed by atoms with van der Waals surface area (Å²) >= 11 is 0. The number of halogens is 2. The van der Waals surface area contributed by atoms with Crippen molar-refractivity contribution in [3.05, 3.63) is 12.4 Å². The van der Waals surface area contributed by atoms with Crippen molar-refractivity contribution in [2.75, 3.05) is 20.3 Å². The smallest absolute Gasteiger partial charge is 0.362 e. The summed E-state index contributed by atoms with van der Waals surface area (Å²) in [4.78, 5) is 4.39. The maximum absolute atomic E-state index is 10.6. The summed E-state index contributed by atoms with van der Waals surface area (Å²) in [5, 5.41) is 0. The van der Waals surface area contributed by atoms with Crippen LogP contribution in [0.1, 0.15) is 13.3 Å². The number of nitrogens with one attached hydrogen (secondary N) is 1. The Morgan fingerprint density at radius 3 is 2.27 bits per heavy atom. The summed E-state index contributed by atoms with van der Waals surface area (Å²) in [6.07, 6.45) is 5.48. The second-order valence-corrected chi connectivity index (χ2v) is 4.05. The molecule has 0 bridgehead atoms. The van der Waals surface area contributed by atoms with E-state index in [1.54, 1.807) is 0 Å². The van der Waals surface area contributed by atoms with Crippen LogP contribution < -0.4 is 4.94 Å². The molecule has 0 spiro atoms. The van der Waals surface area contributed by atoms with Crippen LogP contribution >= 0.6 is 0 Å². The molecule has 0 radical (unpaired) electrons. The molecule has 90 valence electrons. The van der Waals surface area contributed by atoms with Gasteiger partial charge in [0.15, 0.2) is 0 Å². The second kappa shape index (κ2) is 6.57. The molecule has 0 aromatic heterocycles. The highest BCUT2D eigenvalue weighted by Crippen LogP contribution is 2.02. The van der Waals surface area contributed by atoms with Gasteiger partial charge in [-0.05, 0) is 11.4 Å². The van der Waals surface area contributed by atoms with E-state index in [1.807, 2.05) is 0 Å². The first-order chi connectivity index (χ1) is 6.89. The van der Waals surface area contributed by atoms with Gasteiger partial charge in [0, 0.05) is 26.0 Å². The summed E-state index contributed by atoms with van der Waals surface area (Å²) in [5.74, 6) is 0. The Labute approximate surface area is 88.6 Å². The highest BCUT2D eigenvalue weighted by Gasteiger charge is 2.04. The molecule has 0 aromatic carbocycles. The van der Waals surface area contributed by atoms with Gasteiger partial charge < -0.3 is 9.80 Å². The molecule has 0 saturated heterocycles. The lowest BCUT2D eigenvalue weighted by atomic mass is 10.4. The minimum absolute atomic E-state index is 0.0903. The van der Waals surface area contributed by atoms with Gasteiger partial charge in [-0.25, -0.2) is 0 Å². The minimum Gasteiger partial charge on any atom is -0.362 e. The molecule has 0 amide bonds. The number of rotatable bonds is 3. The van der Waals surface area contributed by atoms with Crippen molar-refractivity contribution >= 4 is 10.4 Å². The van der Waals surface area contributed by atoms with Crippen LogP contribution in [0.15, 0.2) is 12.4 Å². The Bertz CT molecular complexity index is 295. The molecule has 15 heavy (non-hydrogen) atoms. The van der Waals surface area contributed by atoms with Crippen LogP contribution in [0.3, 0.4) is 0 Å². The predicted molar refractivity (Wildman–Crippen MR) is 53.0 cm³/mol. The zero-order valence-electron chi connectivity index (χ0n) is 8.65. The standard InChI is InChI=1S/C7H14N2.F2HNO2S/c1-3-4-9-6-5-8(2)7-9;1-3-6(2,4)5/h5-6H,3-4,7H2,1-2H3;3H. The van der Waals surface area contributed by atoms with Gasteiger partial charge in [-0.3, -0.25) is 0 Å². The van der Waals surface area contributed by atoms with Crippen LogP contribution in [0.5, 0.6) is 0 Å². The molecule has 8 heteroatoms. The fraction of sp³-hybridized carbons (Fsp3) is 0.714. The maximum Gasteiger partial charge on any atom is 0.398 e. The lowest BCUT2D eigenvalue weighted by Crippen LogP contribution is -2.22. The van der Waals surface area contributed by atoms with E-state index in [2.05, 4.69) is 36.2 Å². The van der Waals surface area contributed by atoms with E-state index in [4.69, 9.17) is 8.42 Å². The lowest BCUT2D eigenvalue weighted by Gasteiger charge is -2.16. The minimum atomic E-state index is -5.08. The van der Waals surface area contributed by atoms with Crippen LogP contribution in [0.2, 0.25) is 0 Å². The van der Waals surface area contributed by atoms with Gasteiger partial charge in [0.2, 0.25) is 0 Å². The first-order valence-electron chi connectivity index (χ1n) is 4.33. The number of hydrogen-bond donors (Lipinski definition) is 1. The van der Waals surface area contributed by atoms with E-state index in [-0.39, 0.29) is 4.94 Å². The third-order valence-corrected chi connectivity index (χ3v) is 1.72. The van der Waals surface area contributed by atoms with Crippen LogP contribution in [0.25, 0.3) is 0 Å². The monoisotopic (exact) mass is 243 g/mol. The van der Waals surface area contributed by atoms with Crippen LogP contribution in [0, 0.1) is 0 Å². The topological polar surface area (TPSA) is 52.7 Å². The SMILES string of the molecule is CCCN1C=CN(C)C1.O=S(=O)(F)NF. The number of nitrogens with zero attached hydrogens (tertiary/aromatic N) is 2. The molecule has 0 aliphatic carbocycles. The van der Waals surface area contributed by atoms with Crippen molar-refractivity contribution in [2.45, 2.75) is 13.3 Å². The molecule has 1 rings (SSSR count). The predicted octanol–water partition coefficient (Wildman–Crippen LogP) is 0.747. The molecule has 1 aliphatic heterocycles. The van der Waals surface area contributed by atoms with Gasteiger partial charge in [0.25, 0.3) is 0 Å². The lowest BCUT2D eigenvalue weighted by molar-refractivity contribution is 0.297. The Balaban J connectivity index is 0.000000288. The Morgan fingerprint density at radius 1 is 1.47 bits per heavy atom. The molecule has 0 aromatic rings. The maximum atomic E-state index is 10.6. The normalized spacial score (nSPS) is 15.2. The Morgan fingerprint density at radius 2 is 2.00 bits per heavy atom. The van der Waals surface area contributed by atoms with Gasteiger partial charge in [0.05, 0.1) is 6.67 Å². The quantitative estimate of drug-likeness (QED) is 0.587. The van der Waals surface area contributed by atoms with Crippen molar-refractivity contribution < 1.29 is 16.8 Å². The van der Waals surface area contributed by atoms with E-state index in [0.29, 0.717) is 0 Å². The summed E-state index contributed by atoms with van der Waals surface area (Å²) in [7, 11) is -2.99. The van der Waals surface area contributed by atoms with Crippen molar-refractivity contribution in [1.29, 1.82) is 0 Å². The highest BCUT2D eigenvalue weighted by molar-refractivity contribution is 7.84. The average Bonchev–Trinajstić information content (AvgIpc) is 2.52. The zero-order valence-corrected chi connectivity index (χ0v) is 9.47. The van der Waals surface area contributed by atoms with E-state index in [9.17, 15) is 8.37 Å². The second-order valence-electron chi connectivity index (χ2n) is 3.02. The first-order valence-corrected chi connectivity index (χ1v) is 5.72. The van der Waals surface area contributed by atoms with Gasteiger partial charge in [-0.2, -0.15) is 8.42 Å². The van der Waals surface area contributed by atoms with Gasteiger partial charge in [-0.1, -0.05) is 10.8 Å². The molecule has 1 heterocycles. The van der Waals surface area contributed by atoms with Crippen molar-refractivity contribution in [1.82, 2.24) is 14.7 Å². The third-order valence-electron chi connectivity index (χ3n) is 1.54. The summed E-state index contributed by atoms with van der Waals surface area (Å²) < 4.78 is 38.6. The Hall–Kier alpha value is -0.890. The van der Waals surface area contributed by atoms with Crippen LogP contribution in [-0.4, -0.2) is 38.5 Å². The number of hydrogen-bond acceptors (Lipinski definition) is 4. The van der Waals surface area contributed by atoms with E-state index in [1.165, 1.54) is 13.0 Å². The largest absolute Gasteiger partial charge is 0.398 e. The van der Waals surface area contributed by atoms with Gasteiger partial charge in [-0.15, -0.1) is 4.48 Å². The molecule has 5 nitrogen and oxygen atoms in total. The fourth-order valence-electron chi connectivity index (χ4n) is 1.02.